The van der Waals surface area contributed by atoms with Crippen molar-refractivity contribution in [3.8, 4) is 5.75 Å². The molecule has 0 aliphatic carbocycles. The SMILES string of the molecule is O=C(/C=C/c1ccccc1)Oc1ccc(Br)cc1/C=N\NC(=O)c1ccc(NC(=O)c2ccc([N+](=O)[O-])cc2)cc1. The molecule has 204 valence electrons. The number of nitrogens with zero attached hydrogens (tertiary/aromatic N) is 2. The normalized spacial score (nSPS) is 10.9. The fraction of sp³-hybridized carbons (Fsp3) is 0. The molecular formula is C30H21BrN4O6. The van der Waals surface area contributed by atoms with Gasteiger partial charge in [-0.1, -0.05) is 46.3 Å². The summed E-state index contributed by atoms with van der Waals surface area (Å²) >= 11 is 3.37. The first-order chi connectivity index (χ1) is 19.8. The van der Waals surface area contributed by atoms with Crippen molar-refractivity contribution in [3.63, 3.8) is 0 Å². The van der Waals surface area contributed by atoms with Crippen LogP contribution in [0.15, 0.2) is 113 Å². The predicted molar refractivity (Wildman–Crippen MR) is 158 cm³/mol. The van der Waals surface area contributed by atoms with Crippen LogP contribution in [-0.4, -0.2) is 28.9 Å². The molecule has 0 heterocycles. The molecule has 4 aromatic carbocycles. The number of hydrogen-bond acceptors (Lipinski definition) is 7. The van der Waals surface area contributed by atoms with E-state index in [9.17, 15) is 24.5 Å². The highest BCUT2D eigenvalue weighted by molar-refractivity contribution is 9.10. The van der Waals surface area contributed by atoms with Gasteiger partial charge in [-0.15, -0.1) is 0 Å². The largest absolute Gasteiger partial charge is 0.423 e. The van der Waals surface area contributed by atoms with Crippen LogP contribution in [0.2, 0.25) is 0 Å². The molecule has 0 fully saturated rings. The van der Waals surface area contributed by atoms with Gasteiger partial charge in [-0.05, 0) is 66.2 Å². The summed E-state index contributed by atoms with van der Waals surface area (Å²) < 4.78 is 6.16. The molecule has 4 aromatic rings. The summed E-state index contributed by atoms with van der Waals surface area (Å²) in [6.45, 7) is 0. The van der Waals surface area contributed by atoms with Gasteiger partial charge in [-0.25, -0.2) is 10.2 Å². The fourth-order valence-corrected chi connectivity index (χ4v) is 3.83. The zero-order valence-electron chi connectivity index (χ0n) is 21.2. The number of nitro groups is 1. The number of halogens is 1. The number of nitrogens with one attached hydrogen (secondary N) is 2. The summed E-state index contributed by atoms with van der Waals surface area (Å²) in [6.07, 6.45) is 4.31. The number of hydrazone groups is 1. The van der Waals surface area contributed by atoms with Crippen LogP contribution in [0.25, 0.3) is 6.08 Å². The molecule has 2 amide bonds. The fourth-order valence-electron chi connectivity index (χ4n) is 3.45. The molecule has 0 atom stereocenters. The van der Waals surface area contributed by atoms with Gasteiger partial charge in [0, 0.05) is 45.1 Å². The van der Waals surface area contributed by atoms with Gasteiger partial charge in [0.15, 0.2) is 0 Å². The lowest BCUT2D eigenvalue weighted by Gasteiger charge is -2.07. The van der Waals surface area contributed by atoms with Gasteiger partial charge in [-0.3, -0.25) is 19.7 Å². The summed E-state index contributed by atoms with van der Waals surface area (Å²) in [5.41, 5.74) is 4.55. The van der Waals surface area contributed by atoms with E-state index in [0.29, 0.717) is 11.3 Å². The standard InChI is InChI=1S/C30H21BrN4O6/c31-24-11-16-27(41-28(36)17-6-20-4-2-1-3-5-20)23(18-24)19-32-34-30(38)22-7-12-25(13-8-22)33-29(37)21-9-14-26(15-10-21)35(39)40/h1-19H,(H,33,37)(H,34,38)/b17-6+,32-19-. The third-order valence-electron chi connectivity index (χ3n) is 5.51. The van der Waals surface area contributed by atoms with E-state index in [2.05, 4.69) is 31.8 Å². The third kappa shape index (κ3) is 8.28. The van der Waals surface area contributed by atoms with Crippen molar-refractivity contribution in [3.05, 3.63) is 140 Å². The molecule has 0 aromatic heterocycles. The van der Waals surface area contributed by atoms with E-state index < -0.39 is 22.7 Å². The Labute approximate surface area is 242 Å². The maximum absolute atomic E-state index is 12.6. The Morgan fingerprint density at radius 3 is 2.20 bits per heavy atom. The van der Waals surface area contributed by atoms with Gasteiger partial charge < -0.3 is 10.1 Å². The first-order valence-electron chi connectivity index (χ1n) is 12.0. The molecule has 0 saturated carbocycles. The zero-order valence-corrected chi connectivity index (χ0v) is 22.8. The van der Waals surface area contributed by atoms with Crippen molar-refractivity contribution in [1.82, 2.24) is 5.43 Å². The van der Waals surface area contributed by atoms with Gasteiger partial charge in [0.05, 0.1) is 11.1 Å². The van der Waals surface area contributed by atoms with E-state index in [4.69, 9.17) is 4.74 Å². The molecule has 0 aliphatic rings. The van der Waals surface area contributed by atoms with Crippen LogP contribution in [0.4, 0.5) is 11.4 Å². The summed E-state index contributed by atoms with van der Waals surface area (Å²) in [5, 5.41) is 17.4. The van der Waals surface area contributed by atoms with Crippen molar-refractivity contribution >= 4 is 57.4 Å². The summed E-state index contributed by atoms with van der Waals surface area (Å²) in [7, 11) is 0. The maximum atomic E-state index is 12.6. The minimum atomic E-state index is -0.573. The quantitative estimate of drug-likeness (QED) is 0.0594. The first kappa shape index (κ1) is 28.6. The van der Waals surface area contributed by atoms with E-state index >= 15 is 0 Å². The number of anilines is 1. The monoisotopic (exact) mass is 612 g/mol. The predicted octanol–water partition coefficient (Wildman–Crippen LogP) is 5.99. The van der Waals surface area contributed by atoms with E-state index in [1.807, 2.05) is 30.3 Å². The number of esters is 1. The lowest BCUT2D eigenvalue weighted by atomic mass is 10.1. The molecule has 0 radical (unpaired) electrons. The van der Waals surface area contributed by atoms with Crippen molar-refractivity contribution in [1.29, 1.82) is 0 Å². The minimum Gasteiger partial charge on any atom is -0.423 e. The minimum absolute atomic E-state index is 0.118. The van der Waals surface area contributed by atoms with Crippen molar-refractivity contribution < 1.29 is 24.0 Å². The van der Waals surface area contributed by atoms with Crippen molar-refractivity contribution in [2.75, 3.05) is 5.32 Å². The van der Waals surface area contributed by atoms with E-state index in [1.165, 1.54) is 60.8 Å². The average molecular weight is 613 g/mol. The molecular weight excluding hydrogens is 592 g/mol. The second-order valence-electron chi connectivity index (χ2n) is 8.38. The second-order valence-corrected chi connectivity index (χ2v) is 9.30. The molecule has 4 rings (SSSR count). The average Bonchev–Trinajstić information content (AvgIpc) is 2.98. The molecule has 10 nitrogen and oxygen atoms in total. The Bertz CT molecular complexity index is 1640. The topological polar surface area (TPSA) is 140 Å². The van der Waals surface area contributed by atoms with E-state index in [0.717, 1.165) is 10.0 Å². The Morgan fingerprint density at radius 1 is 0.854 bits per heavy atom. The van der Waals surface area contributed by atoms with E-state index in [1.54, 1.807) is 24.3 Å². The number of benzene rings is 4. The Hall–Kier alpha value is -5.42. The maximum Gasteiger partial charge on any atom is 0.336 e. The van der Waals surface area contributed by atoms with Gasteiger partial charge in [0.25, 0.3) is 17.5 Å². The number of hydrogen-bond donors (Lipinski definition) is 2. The molecule has 0 aliphatic heterocycles. The van der Waals surface area contributed by atoms with Crippen LogP contribution < -0.4 is 15.5 Å². The van der Waals surface area contributed by atoms with Crippen LogP contribution in [0.3, 0.4) is 0 Å². The zero-order chi connectivity index (χ0) is 29.2. The van der Waals surface area contributed by atoms with Crippen LogP contribution in [-0.2, 0) is 4.79 Å². The Morgan fingerprint density at radius 2 is 1.51 bits per heavy atom. The van der Waals surface area contributed by atoms with Gasteiger partial charge in [0.1, 0.15) is 5.75 Å². The highest BCUT2D eigenvalue weighted by Crippen LogP contribution is 2.22. The second kappa shape index (κ2) is 13.6. The van der Waals surface area contributed by atoms with Crippen molar-refractivity contribution in [2.45, 2.75) is 0 Å². The smallest absolute Gasteiger partial charge is 0.336 e. The lowest BCUT2D eigenvalue weighted by Crippen LogP contribution is -2.18. The summed E-state index contributed by atoms with van der Waals surface area (Å²) in [4.78, 5) is 47.5. The molecule has 0 spiro atoms. The Kier molecular flexibility index (Phi) is 9.47. The molecule has 11 heteroatoms. The first-order valence-corrected chi connectivity index (χ1v) is 12.8. The number of amides is 2. The van der Waals surface area contributed by atoms with Crippen LogP contribution in [0, 0.1) is 10.1 Å². The highest BCUT2D eigenvalue weighted by Gasteiger charge is 2.11. The number of non-ortho nitro benzene ring substituents is 1. The Balaban J connectivity index is 1.35. The third-order valence-corrected chi connectivity index (χ3v) is 6.00. The molecule has 0 unspecified atom stereocenters. The van der Waals surface area contributed by atoms with Crippen LogP contribution >= 0.6 is 15.9 Å². The highest BCUT2D eigenvalue weighted by atomic mass is 79.9. The van der Waals surface area contributed by atoms with Crippen LogP contribution in [0.1, 0.15) is 31.8 Å². The van der Waals surface area contributed by atoms with Gasteiger partial charge in [-0.2, -0.15) is 5.10 Å². The number of carbonyl (C=O) groups excluding carboxylic acids is 3. The molecule has 41 heavy (non-hydrogen) atoms. The number of carbonyl (C=O) groups is 3. The number of nitro benzene ring substituents is 1. The van der Waals surface area contributed by atoms with E-state index in [-0.39, 0.29) is 22.6 Å². The number of rotatable bonds is 9. The summed E-state index contributed by atoms with van der Waals surface area (Å²) in [5.74, 6) is -1.28. The molecule has 0 saturated heterocycles. The number of ether oxygens (including phenoxy) is 1. The van der Waals surface area contributed by atoms with Gasteiger partial charge >= 0.3 is 5.97 Å². The van der Waals surface area contributed by atoms with Crippen molar-refractivity contribution in [2.24, 2.45) is 5.10 Å². The molecule has 2 N–H and O–H groups in total. The van der Waals surface area contributed by atoms with Crippen LogP contribution in [0.5, 0.6) is 5.75 Å². The van der Waals surface area contributed by atoms with Gasteiger partial charge in [0.2, 0.25) is 0 Å². The molecule has 0 bridgehead atoms. The lowest BCUT2D eigenvalue weighted by molar-refractivity contribution is -0.384. The summed E-state index contributed by atoms with van der Waals surface area (Å²) in [6, 6.07) is 25.6.